The summed E-state index contributed by atoms with van der Waals surface area (Å²) in [6, 6.07) is 5.57. The predicted molar refractivity (Wildman–Crippen MR) is 71.6 cm³/mol. The molecule has 0 bridgehead atoms. The van der Waals surface area contributed by atoms with Crippen LogP contribution < -0.4 is 10.5 Å². The third-order valence-corrected chi connectivity index (χ3v) is 2.48. The van der Waals surface area contributed by atoms with Crippen molar-refractivity contribution in [3.8, 4) is 5.75 Å². The Morgan fingerprint density at radius 1 is 1.31 bits per heavy atom. The van der Waals surface area contributed by atoms with Crippen molar-refractivity contribution in [3.63, 3.8) is 0 Å². The normalized spacial score (nSPS) is 9.69. The van der Waals surface area contributed by atoms with Gasteiger partial charge in [0.25, 0.3) is 0 Å². The zero-order chi connectivity index (χ0) is 11.1. The van der Waals surface area contributed by atoms with Gasteiger partial charge < -0.3 is 10.5 Å². The molecule has 1 aromatic carbocycles. The van der Waals surface area contributed by atoms with E-state index in [-0.39, 0.29) is 12.4 Å². The van der Waals surface area contributed by atoms with Crippen LogP contribution in [0.3, 0.4) is 0 Å². The van der Waals surface area contributed by atoms with Crippen LogP contribution in [-0.4, -0.2) is 6.61 Å². The van der Waals surface area contributed by atoms with Crippen molar-refractivity contribution in [3.05, 3.63) is 28.8 Å². The van der Waals surface area contributed by atoms with E-state index >= 15 is 0 Å². The molecule has 0 radical (unpaired) electrons. The quantitative estimate of drug-likeness (QED) is 0.793. The molecule has 2 N–H and O–H groups in total. The Bertz CT molecular complexity index is 305. The van der Waals surface area contributed by atoms with E-state index in [2.05, 4.69) is 6.92 Å². The van der Waals surface area contributed by atoms with E-state index in [1.807, 2.05) is 18.2 Å². The molecule has 0 spiro atoms. The Labute approximate surface area is 109 Å². The van der Waals surface area contributed by atoms with Gasteiger partial charge in [-0.2, -0.15) is 0 Å². The molecule has 0 aliphatic heterocycles. The molecule has 0 fully saturated rings. The summed E-state index contributed by atoms with van der Waals surface area (Å²) in [4.78, 5) is 0. The van der Waals surface area contributed by atoms with E-state index < -0.39 is 0 Å². The predicted octanol–water partition coefficient (Wildman–Crippen LogP) is 3.79. The third-order valence-electron chi connectivity index (χ3n) is 2.25. The van der Waals surface area contributed by atoms with Crippen LogP contribution in [0.15, 0.2) is 18.2 Å². The van der Waals surface area contributed by atoms with Gasteiger partial charge in [0.05, 0.1) is 6.61 Å². The lowest BCUT2D eigenvalue weighted by Crippen LogP contribution is -2.03. The van der Waals surface area contributed by atoms with E-state index in [1.54, 1.807) is 0 Å². The first-order chi connectivity index (χ1) is 7.27. The second-order valence-electron chi connectivity index (χ2n) is 3.51. The number of rotatable bonds is 6. The fourth-order valence-electron chi connectivity index (χ4n) is 1.38. The lowest BCUT2D eigenvalue weighted by atomic mass is 10.2. The van der Waals surface area contributed by atoms with Crippen molar-refractivity contribution in [1.29, 1.82) is 0 Å². The minimum atomic E-state index is 0. The van der Waals surface area contributed by atoms with Crippen molar-refractivity contribution in [2.24, 2.45) is 5.73 Å². The summed E-state index contributed by atoms with van der Waals surface area (Å²) in [5, 5.41) is 0.705. The first kappa shape index (κ1) is 15.6. The second kappa shape index (κ2) is 8.68. The molecule has 1 aromatic rings. The second-order valence-corrected chi connectivity index (χ2v) is 3.95. The van der Waals surface area contributed by atoms with E-state index in [1.165, 1.54) is 12.8 Å². The molecule has 0 amide bonds. The average Bonchev–Trinajstić information content (AvgIpc) is 2.26. The van der Waals surface area contributed by atoms with Crippen LogP contribution >= 0.6 is 24.0 Å². The van der Waals surface area contributed by atoms with Gasteiger partial charge in [-0.1, -0.05) is 31.4 Å². The number of halogens is 2. The van der Waals surface area contributed by atoms with Crippen LogP contribution in [0.4, 0.5) is 0 Å². The van der Waals surface area contributed by atoms with Gasteiger partial charge in [0.1, 0.15) is 5.75 Å². The van der Waals surface area contributed by atoms with Gasteiger partial charge in [-0.25, -0.2) is 0 Å². The van der Waals surface area contributed by atoms with Gasteiger partial charge in [0, 0.05) is 17.1 Å². The molecule has 0 unspecified atom stereocenters. The topological polar surface area (TPSA) is 35.2 Å². The summed E-state index contributed by atoms with van der Waals surface area (Å²) >= 11 is 5.87. The van der Waals surface area contributed by atoms with Crippen molar-refractivity contribution >= 4 is 24.0 Å². The minimum Gasteiger partial charge on any atom is -0.493 e. The molecular formula is C12H19Cl2NO. The van der Waals surface area contributed by atoms with Gasteiger partial charge in [-0.15, -0.1) is 12.4 Å². The Morgan fingerprint density at radius 2 is 2.06 bits per heavy atom. The largest absolute Gasteiger partial charge is 0.493 e. The van der Waals surface area contributed by atoms with Gasteiger partial charge in [-0.05, 0) is 24.6 Å². The molecule has 0 heterocycles. The average molecular weight is 264 g/mol. The Morgan fingerprint density at radius 3 is 2.69 bits per heavy atom. The van der Waals surface area contributed by atoms with Crippen molar-refractivity contribution in [2.75, 3.05) is 6.61 Å². The fourth-order valence-corrected chi connectivity index (χ4v) is 1.58. The van der Waals surface area contributed by atoms with E-state index in [0.717, 1.165) is 24.3 Å². The molecule has 4 heteroatoms. The van der Waals surface area contributed by atoms with E-state index in [0.29, 0.717) is 11.6 Å². The maximum atomic E-state index is 5.87. The first-order valence-electron chi connectivity index (χ1n) is 5.39. The molecule has 0 aliphatic rings. The smallest absolute Gasteiger partial charge is 0.123 e. The standard InChI is InChI=1S/C12H18ClNO.ClH/c1-2-3-4-7-15-12-6-5-11(13)8-10(12)9-14;/h5-6,8H,2-4,7,9,14H2,1H3;1H. The molecule has 16 heavy (non-hydrogen) atoms. The van der Waals surface area contributed by atoms with Crippen LogP contribution in [-0.2, 0) is 6.54 Å². The molecular weight excluding hydrogens is 245 g/mol. The highest BCUT2D eigenvalue weighted by molar-refractivity contribution is 6.30. The maximum absolute atomic E-state index is 5.87. The lowest BCUT2D eigenvalue weighted by molar-refractivity contribution is 0.303. The van der Waals surface area contributed by atoms with Gasteiger partial charge in [-0.3, -0.25) is 0 Å². The van der Waals surface area contributed by atoms with Crippen molar-refractivity contribution in [1.82, 2.24) is 0 Å². The number of hydrogen-bond donors (Lipinski definition) is 1. The molecule has 0 aliphatic carbocycles. The number of ether oxygens (including phenoxy) is 1. The summed E-state index contributed by atoms with van der Waals surface area (Å²) in [5.41, 5.74) is 6.58. The Kier molecular flexibility index (Phi) is 8.44. The van der Waals surface area contributed by atoms with Crippen molar-refractivity contribution in [2.45, 2.75) is 32.7 Å². The number of unbranched alkanes of at least 4 members (excludes halogenated alkanes) is 2. The molecule has 0 atom stereocenters. The number of hydrogen-bond acceptors (Lipinski definition) is 2. The van der Waals surface area contributed by atoms with E-state index in [9.17, 15) is 0 Å². The van der Waals surface area contributed by atoms with Gasteiger partial charge in [0.15, 0.2) is 0 Å². The third kappa shape index (κ3) is 5.06. The summed E-state index contributed by atoms with van der Waals surface area (Å²) in [5.74, 6) is 0.859. The molecule has 0 saturated heterocycles. The Hall–Kier alpha value is -0.440. The number of benzene rings is 1. The molecule has 1 rings (SSSR count). The van der Waals surface area contributed by atoms with E-state index in [4.69, 9.17) is 22.1 Å². The highest BCUT2D eigenvalue weighted by atomic mass is 35.5. The fraction of sp³-hybridized carbons (Fsp3) is 0.500. The van der Waals surface area contributed by atoms with Crippen LogP contribution in [0, 0.1) is 0 Å². The molecule has 92 valence electrons. The zero-order valence-corrected chi connectivity index (χ0v) is 11.1. The van der Waals surface area contributed by atoms with Crippen LogP contribution in [0.5, 0.6) is 5.75 Å². The lowest BCUT2D eigenvalue weighted by Gasteiger charge is -2.10. The molecule has 0 saturated carbocycles. The summed E-state index contributed by atoms with van der Waals surface area (Å²) in [6.45, 7) is 3.39. The first-order valence-corrected chi connectivity index (χ1v) is 5.77. The highest BCUT2D eigenvalue weighted by Crippen LogP contribution is 2.22. The van der Waals surface area contributed by atoms with Crippen LogP contribution in [0.25, 0.3) is 0 Å². The molecule has 0 aromatic heterocycles. The maximum Gasteiger partial charge on any atom is 0.123 e. The van der Waals surface area contributed by atoms with Crippen LogP contribution in [0.2, 0.25) is 5.02 Å². The van der Waals surface area contributed by atoms with Crippen molar-refractivity contribution < 1.29 is 4.74 Å². The highest BCUT2D eigenvalue weighted by Gasteiger charge is 2.02. The van der Waals surface area contributed by atoms with Crippen LogP contribution in [0.1, 0.15) is 31.7 Å². The Balaban J connectivity index is 0.00000225. The van der Waals surface area contributed by atoms with Gasteiger partial charge >= 0.3 is 0 Å². The van der Waals surface area contributed by atoms with Gasteiger partial charge in [0.2, 0.25) is 0 Å². The summed E-state index contributed by atoms with van der Waals surface area (Å²) in [6.07, 6.45) is 3.49. The monoisotopic (exact) mass is 263 g/mol. The zero-order valence-electron chi connectivity index (χ0n) is 9.54. The summed E-state index contributed by atoms with van der Waals surface area (Å²) < 4.78 is 5.65. The minimum absolute atomic E-state index is 0. The number of nitrogens with two attached hydrogens (primary N) is 1. The molecule has 2 nitrogen and oxygen atoms in total. The summed E-state index contributed by atoms with van der Waals surface area (Å²) in [7, 11) is 0. The SMILES string of the molecule is CCCCCOc1ccc(Cl)cc1CN.Cl.